The molecule has 0 N–H and O–H groups in total. The normalized spacial score (nSPS) is 15.8. The molecule has 2 heterocycles. The number of fused-ring (bicyclic) bond motifs is 1. The topological polar surface area (TPSA) is 39.2 Å². The number of ketones is 1. The Hall–Kier alpha value is -1.59. The zero-order valence-corrected chi connectivity index (χ0v) is 7.47. The maximum Gasteiger partial charge on any atom is 0.418 e. The number of aromatic nitrogens is 1. The van der Waals surface area contributed by atoms with Gasteiger partial charge in [0.25, 0.3) is 0 Å². The molecular formula is C9H6F3NO2. The third kappa shape index (κ3) is 1.79. The first kappa shape index (κ1) is 9.95. The quantitative estimate of drug-likeness (QED) is 0.667. The summed E-state index contributed by atoms with van der Waals surface area (Å²) in [7, 11) is 0. The summed E-state index contributed by atoms with van der Waals surface area (Å²) in [5.41, 5.74) is -0.926. The molecule has 1 aliphatic heterocycles. The first-order valence-electron chi connectivity index (χ1n) is 4.22. The van der Waals surface area contributed by atoms with E-state index in [2.05, 4.69) is 4.98 Å². The fraction of sp³-hybridized carbons (Fsp3) is 0.333. The predicted molar refractivity (Wildman–Crippen MR) is 43.7 cm³/mol. The number of alkyl halides is 3. The van der Waals surface area contributed by atoms with E-state index in [9.17, 15) is 18.0 Å². The molecule has 0 spiro atoms. The van der Waals surface area contributed by atoms with Crippen molar-refractivity contribution in [2.75, 3.05) is 6.61 Å². The van der Waals surface area contributed by atoms with Gasteiger partial charge in [0, 0.05) is 12.6 Å². The van der Waals surface area contributed by atoms with Crippen LogP contribution in [-0.2, 0) is 6.18 Å². The summed E-state index contributed by atoms with van der Waals surface area (Å²) >= 11 is 0. The van der Waals surface area contributed by atoms with Gasteiger partial charge in [-0.05, 0) is 6.07 Å². The third-order valence-corrected chi connectivity index (χ3v) is 2.03. The van der Waals surface area contributed by atoms with Crippen molar-refractivity contribution in [3.63, 3.8) is 0 Å². The number of Topliss-reactive ketones (excluding diaryl/α,β-unsaturated/α-hetero) is 1. The summed E-state index contributed by atoms with van der Waals surface area (Å²) in [4.78, 5) is 14.7. The summed E-state index contributed by atoms with van der Waals surface area (Å²) in [6.07, 6.45) is -3.66. The number of carbonyl (C=O) groups is 1. The molecular weight excluding hydrogens is 211 g/mol. The van der Waals surface area contributed by atoms with Crippen molar-refractivity contribution in [1.29, 1.82) is 0 Å². The summed E-state index contributed by atoms with van der Waals surface area (Å²) in [5.74, 6) is -0.369. The van der Waals surface area contributed by atoms with Crippen LogP contribution < -0.4 is 4.74 Å². The molecule has 1 aromatic rings. The van der Waals surface area contributed by atoms with E-state index in [-0.39, 0.29) is 30.3 Å². The van der Waals surface area contributed by atoms with Gasteiger partial charge >= 0.3 is 6.18 Å². The zero-order valence-electron chi connectivity index (χ0n) is 7.47. The lowest BCUT2D eigenvalue weighted by Gasteiger charge is -2.16. The molecule has 0 amide bonds. The number of hydrogen-bond donors (Lipinski definition) is 0. The monoisotopic (exact) mass is 217 g/mol. The minimum absolute atomic E-state index is 0.0192. The Balaban J connectivity index is 2.46. The van der Waals surface area contributed by atoms with Crippen LogP contribution in [0.5, 0.6) is 5.75 Å². The van der Waals surface area contributed by atoms with Crippen LogP contribution in [0.1, 0.15) is 22.5 Å². The van der Waals surface area contributed by atoms with Crippen molar-refractivity contribution in [2.45, 2.75) is 12.6 Å². The Morgan fingerprint density at radius 2 is 2.13 bits per heavy atom. The van der Waals surface area contributed by atoms with E-state index in [1.807, 2.05) is 0 Å². The van der Waals surface area contributed by atoms with Crippen LogP contribution in [0.25, 0.3) is 0 Å². The SMILES string of the molecule is O=C1CCOc2cc(C(F)(F)F)cnc21. The molecule has 3 nitrogen and oxygen atoms in total. The standard InChI is InChI=1S/C9H6F3NO2/c10-9(11,12)5-3-7-8(13-4-5)6(14)1-2-15-7/h3-4H,1-2H2. The summed E-state index contributed by atoms with van der Waals surface area (Å²) in [5, 5.41) is 0. The lowest BCUT2D eigenvalue weighted by Crippen LogP contribution is -2.18. The van der Waals surface area contributed by atoms with E-state index >= 15 is 0 Å². The number of halogens is 3. The average Bonchev–Trinajstić information content (AvgIpc) is 2.16. The predicted octanol–water partition coefficient (Wildman–Crippen LogP) is 2.07. The highest BCUT2D eigenvalue weighted by Gasteiger charge is 2.33. The van der Waals surface area contributed by atoms with Crippen molar-refractivity contribution >= 4 is 5.78 Å². The van der Waals surface area contributed by atoms with Gasteiger partial charge in [0.05, 0.1) is 12.2 Å². The van der Waals surface area contributed by atoms with E-state index in [1.165, 1.54) is 0 Å². The highest BCUT2D eigenvalue weighted by Crippen LogP contribution is 2.33. The molecule has 0 fully saturated rings. The maximum absolute atomic E-state index is 12.3. The Morgan fingerprint density at radius 1 is 1.40 bits per heavy atom. The van der Waals surface area contributed by atoms with E-state index < -0.39 is 11.7 Å². The van der Waals surface area contributed by atoms with Crippen LogP contribution in [-0.4, -0.2) is 17.4 Å². The van der Waals surface area contributed by atoms with Crippen molar-refractivity contribution in [1.82, 2.24) is 4.98 Å². The first-order valence-corrected chi connectivity index (χ1v) is 4.22. The summed E-state index contributed by atoms with van der Waals surface area (Å²) in [6.45, 7) is 0.106. The Kier molecular flexibility index (Phi) is 2.13. The molecule has 80 valence electrons. The lowest BCUT2D eigenvalue weighted by molar-refractivity contribution is -0.138. The lowest BCUT2D eigenvalue weighted by atomic mass is 10.1. The Labute approximate surface area is 82.9 Å². The van der Waals surface area contributed by atoms with Crippen molar-refractivity contribution in [3.8, 4) is 5.75 Å². The minimum Gasteiger partial charge on any atom is -0.491 e. The number of pyridine rings is 1. The molecule has 6 heteroatoms. The molecule has 1 aromatic heterocycles. The van der Waals surface area contributed by atoms with Gasteiger partial charge in [-0.1, -0.05) is 0 Å². The van der Waals surface area contributed by atoms with Crippen LogP contribution in [0.3, 0.4) is 0 Å². The zero-order chi connectivity index (χ0) is 11.1. The Bertz CT molecular complexity index is 414. The average molecular weight is 217 g/mol. The molecule has 2 rings (SSSR count). The van der Waals surface area contributed by atoms with Gasteiger partial charge in [-0.2, -0.15) is 13.2 Å². The molecule has 0 bridgehead atoms. The Morgan fingerprint density at radius 3 is 2.80 bits per heavy atom. The fourth-order valence-electron chi connectivity index (χ4n) is 1.29. The van der Waals surface area contributed by atoms with Crippen molar-refractivity contribution in [2.24, 2.45) is 0 Å². The molecule has 0 unspecified atom stereocenters. The van der Waals surface area contributed by atoms with Crippen LogP contribution in [0.15, 0.2) is 12.3 Å². The van der Waals surface area contributed by atoms with Crippen LogP contribution in [0, 0.1) is 0 Å². The van der Waals surface area contributed by atoms with E-state index in [0.717, 1.165) is 6.07 Å². The third-order valence-electron chi connectivity index (χ3n) is 2.03. The minimum atomic E-state index is -4.47. The van der Waals surface area contributed by atoms with Gasteiger partial charge in [0.2, 0.25) is 0 Å². The van der Waals surface area contributed by atoms with Gasteiger partial charge in [0.1, 0.15) is 11.4 Å². The fourth-order valence-corrected chi connectivity index (χ4v) is 1.29. The van der Waals surface area contributed by atoms with Crippen LogP contribution in [0.2, 0.25) is 0 Å². The molecule has 0 aliphatic carbocycles. The highest BCUT2D eigenvalue weighted by atomic mass is 19.4. The van der Waals surface area contributed by atoms with Gasteiger partial charge in [-0.25, -0.2) is 4.98 Å². The summed E-state index contributed by atoms with van der Waals surface area (Å²) in [6, 6.07) is 0.805. The number of rotatable bonds is 0. The first-order chi connectivity index (χ1) is 6.98. The number of hydrogen-bond acceptors (Lipinski definition) is 3. The number of nitrogens with zero attached hydrogens (tertiary/aromatic N) is 1. The second-order valence-electron chi connectivity index (χ2n) is 3.09. The largest absolute Gasteiger partial charge is 0.491 e. The maximum atomic E-state index is 12.3. The summed E-state index contributed by atoms with van der Waals surface area (Å²) < 4.78 is 41.8. The van der Waals surface area contributed by atoms with Gasteiger partial charge in [0.15, 0.2) is 5.78 Å². The second kappa shape index (κ2) is 3.22. The van der Waals surface area contributed by atoms with Gasteiger partial charge in [-0.15, -0.1) is 0 Å². The van der Waals surface area contributed by atoms with E-state index in [1.54, 1.807) is 0 Å². The molecule has 0 atom stereocenters. The molecule has 0 saturated heterocycles. The molecule has 0 aromatic carbocycles. The second-order valence-corrected chi connectivity index (χ2v) is 3.09. The molecule has 0 saturated carbocycles. The number of ether oxygens (including phenoxy) is 1. The van der Waals surface area contributed by atoms with E-state index in [0.29, 0.717) is 6.20 Å². The van der Waals surface area contributed by atoms with E-state index in [4.69, 9.17) is 4.74 Å². The van der Waals surface area contributed by atoms with Crippen LogP contribution in [0.4, 0.5) is 13.2 Å². The van der Waals surface area contributed by atoms with Crippen molar-refractivity contribution < 1.29 is 22.7 Å². The van der Waals surface area contributed by atoms with Gasteiger partial charge < -0.3 is 4.74 Å². The molecule has 15 heavy (non-hydrogen) atoms. The van der Waals surface area contributed by atoms with Gasteiger partial charge in [-0.3, -0.25) is 4.79 Å². The molecule has 0 radical (unpaired) electrons. The van der Waals surface area contributed by atoms with Crippen LogP contribution >= 0.6 is 0 Å². The number of carbonyl (C=O) groups excluding carboxylic acids is 1. The molecule has 1 aliphatic rings. The smallest absolute Gasteiger partial charge is 0.418 e. The highest BCUT2D eigenvalue weighted by molar-refractivity contribution is 5.97. The van der Waals surface area contributed by atoms with Crippen molar-refractivity contribution in [3.05, 3.63) is 23.5 Å².